The third-order valence-corrected chi connectivity index (χ3v) is 5.21. The van der Waals surface area contributed by atoms with Crippen LogP contribution in [0.4, 0.5) is 0 Å². The number of piperidine rings is 1. The van der Waals surface area contributed by atoms with Crippen LogP contribution in [0.25, 0.3) is 0 Å². The monoisotopic (exact) mass is 252 g/mol. The third kappa shape index (κ3) is 3.71. The number of hydrogen-bond acceptors (Lipinski definition) is 2. The molecule has 1 heterocycles. The summed E-state index contributed by atoms with van der Waals surface area (Å²) in [4.78, 5) is 2.81. The first-order valence-electron chi connectivity index (χ1n) is 8.06. The molecule has 2 heteroatoms. The van der Waals surface area contributed by atoms with E-state index in [4.69, 9.17) is 5.73 Å². The highest BCUT2D eigenvalue weighted by atomic mass is 15.2. The average molecular weight is 252 g/mol. The van der Waals surface area contributed by atoms with Crippen molar-refractivity contribution in [3.63, 3.8) is 0 Å². The Morgan fingerprint density at radius 2 is 1.83 bits per heavy atom. The summed E-state index contributed by atoms with van der Waals surface area (Å²) in [6, 6.07) is 0.925. The smallest absolute Gasteiger partial charge is 0.0123 e. The molecule has 18 heavy (non-hydrogen) atoms. The lowest BCUT2D eigenvalue weighted by molar-refractivity contribution is 0.0573. The van der Waals surface area contributed by atoms with Crippen LogP contribution in [-0.2, 0) is 0 Å². The van der Waals surface area contributed by atoms with Gasteiger partial charge in [-0.1, -0.05) is 26.7 Å². The van der Waals surface area contributed by atoms with E-state index in [1.54, 1.807) is 0 Å². The molecule has 1 saturated carbocycles. The van der Waals surface area contributed by atoms with E-state index in [9.17, 15) is 0 Å². The van der Waals surface area contributed by atoms with E-state index in [2.05, 4.69) is 18.7 Å². The summed E-state index contributed by atoms with van der Waals surface area (Å²) in [6.45, 7) is 8.08. The number of fused-ring (bicyclic) bond motifs is 1. The molecule has 2 N–H and O–H groups in total. The Morgan fingerprint density at radius 1 is 1.11 bits per heavy atom. The lowest BCUT2D eigenvalue weighted by Gasteiger charge is -2.44. The van der Waals surface area contributed by atoms with Crippen molar-refractivity contribution in [2.75, 3.05) is 19.6 Å². The molecule has 2 atom stereocenters. The first kappa shape index (κ1) is 14.3. The van der Waals surface area contributed by atoms with Gasteiger partial charge in [0.1, 0.15) is 0 Å². The van der Waals surface area contributed by atoms with Gasteiger partial charge in [-0.3, -0.25) is 0 Å². The Labute approximate surface area is 113 Å². The minimum Gasteiger partial charge on any atom is -0.330 e. The van der Waals surface area contributed by atoms with Crippen LogP contribution in [0.2, 0.25) is 0 Å². The van der Waals surface area contributed by atoms with Gasteiger partial charge in [0.25, 0.3) is 0 Å². The molecule has 1 aliphatic heterocycles. The highest BCUT2D eigenvalue weighted by molar-refractivity contribution is 4.87. The maximum absolute atomic E-state index is 5.82. The summed E-state index contributed by atoms with van der Waals surface area (Å²) >= 11 is 0. The SMILES string of the molecule is CC(C)(CN)CCCN1CCC[C@H]2CCCC[C@H]21. The van der Waals surface area contributed by atoms with Crippen LogP contribution < -0.4 is 5.73 Å². The number of rotatable bonds is 5. The molecule has 2 fully saturated rings. The zero-order chi connectivity index (χ0) is 13.0. The molecule has 0 unspecified atom stereocenters. The van der Waals surface area contributed by atoms with Gasteiger partial charge in [-0.15, -0.1) is 0 Å². The Kier molecular flexibility index (Phi) is 5.08. The lowest BCUT2D eigenvalue weighted by Crippen LogP contribution is -2.47. The van der Waals surface area contributed by atoms with Crippen molar-refractivity contribution < 1.29 is 0 Å². The third-order valence-electron chi connectivity index (χ3n) is 5.21. The van der Waals surface area contributed by atoms with E-state index in [1.165, 1.54) is 64.5 Å². The van der Waals surface area contributed by atoms with Gasteiger partial charge < -0.3 is 10.6 Å². The fraction of sp³-hybridized carbons (Fsp3) is 1.00. The molecular weight excluding hydrogens is 220 g/mol. The summed E-state index contributed by atoms with van der Waals surface area (Å²) in [6.07, 6.45) is 11.4. The minimum atomic E-state index is 0.335. The molecule has 106 valence electrons. The van der Waals surface area contributed by atoms with Crippen LogP contribution in [0, 0.1) is 11.3 Å². The van der Waals surface area contributed by atoms with Crippen molar-refractivity contribution >= 4 is 0 Å². The van der Waals surface area contributed by atoms with Crippen molar-refractivity contribution in [3.8, 4) is 0 Å². The van der Waals surface area contributed by atoms with Gasteiger partial charge in [0.05, 0.1) is 0 Å². The standard InChI is InChI=1S/C16H32N2/c1-16(2,13-17)10-6-12-18-11-5-8-14-7-3-4-9-15(14)18/h14-15H,3-13,17H2,1-2H3/t14-,15-/m1/s1. The number of nitrogens with two attached hydrogens (primary N) is 1. The van der Waals surface area contributed by atoms with Crippen LogP contribution in [-0.4, -0.2) is 30.6 Å². The molecule has 0 radical (unpaired) electrons. The minimum absolute atomic E-state index is 0.335. The van der Waals surface area contributed by atoms with Crippen LogP contribution in [0.1, 0.15) is 65.2 Å². The molecule has 0 spiro atoms. The largest absolute Gasteiger partial charge is 0.330 e. The van der Waals surface area contributed by atoms with Crippen LogP contribution in [0.5, 0.6) is 0 Å². The Morgan fingerprint density at radius 3 is 2.61 bits per heavy atom. The maximum Gasteiger partial charge on any atom is 0.0123 e. The first-order chi connectivity index (χ1) is 8.62. The summed E-state index contributed by atoms with van der Waals surface area (Å²) in [7, 11) is 0. The molecule has 0 aromatic carbocycles. The number of nitrogens with zero attached hydrogens (tertiary/aromatic N) is 1. The van der Waals surface area contributed by atoms with E-state index in [-0.39, 0.29) is 0 Å². The van der Waals surface area contributed by atoms with Gasteiger partial charge in [0.15, 0.2) is 0 Å². The second-order valence-electron chi connectivity index (χ2n) is 7.26. The zero-order valence-electron chi connectivity index (χ0n) is 12.5. The predicted molar refractivity (Wildman–Crippen MR) is 78.6 cm³/mol. The van der Waals surface area contributed by atoms with E-state index in [1.807, 2.05) is 0 Å². The molecule has 0 aromatic heterocycles. The highest BCUT2D eigenvalue weighted by Crippen LogP contribution is 2.35. The molecule has 2 rings (SSSR count). The second kappa shape index (κ2) is 6.38. The molecule has 2 nitrogen and oxygen atoms in total. The predicted octanol–water partition coefficient (Wildman–Crippen LogP) is 3.41. The van der Waals surface area contributed by atoms with E-state index in [0.29, 0.717) is 5.41 Å². The van der Waals surface area contributed by atoms with Gasteiger partial charge in [-0.25, -0.2) is 0 Å². The molecule has 2 aliphatic rings. The van der Waals surface area contributed by atoms with Crippen LogP contribution in [0.3, 0.4) is 0 Å². The fourth-order valence-corrected chi connectivity index (χ4v) is 3.87. The fourth-order valence-electron chi connectivity index (χ4n) is 3.87. The highest BCUT2D eigenvalue weighted by Gasteiger charge is 2.32. The molecular formula is C16H32N2. The van der Waals surface area contributed by atoms with Gasteiger partial charge in [-0.05, 0) is 69.5 Å². The number of likely N-dealkylation sites (tertiary alicyclic amines) is 1. The quantitative estimate of drug-likeness (QED) is 0.812. The van der Waals surface area contributed by atoms with Crippen LogP contribution in [0.15, 0.2) is 0 Å². The summed E-state index contributed by atoms with van der Waals surface area (Å²) in [5.74, 6) is 1.02. The molecule has 0 bridgehead atoms. The van der Waals surface area contributed by atoms with Gasteiger partial charge in [-0.2, -0.15) is 0 Å². The van der Waals surface area contributed by atoms with Crippen LogP contribution >= 0.6 is 0 Å². The zero-order valence-corrected chi connectivity index (χ0v) is 12.5. The molecule has 1 aliphatic carbocycles. The topological polar surface area (TPSA) is 29.3 Å². The molecule has 0 aromatic rings. The van der Waals surface area contributed by atoms with E-state index < -0.39 is 0 Å². The average Bonchev–Trinajstić information content (AvgIpc) is 2.39. The second-order valence-corrected chi connectivity index (χ2v) is 7.26. The van der Waals surface area contributed by atoms with Crippen molar-refractivity contribution in [2.24, 2.45) is 17.1 Å². The summed E-state index contributed by atoms with van der Waals surface area (Å²) < 4.78 is 0. The number of hydrogen-bond donors (Lipinski definition) is 1. The van der Waals surface area contributed by atoms with E-state index in [0.717, 1.165) is 18.5 Å². The van der Waals surface area contributed by atoms with Gasteiger partial charge in [0.2, 0.25) is 0 Å². The summed E-state index contributed by atoms with van der Waals surface area (Å²) in [5.41, 5.74) is 6.15. The van der Waals surface area contributed by atoms with Crippen molar-refractivity contribution in [3.05, 3.63) is 0 Å². The van der Waals surface area contributed by atoms with E-state index >= 15 is 0 Å². The normalized spacial score (nSPS) is 30.2. The van der Waals surface area contributed by atoms with Gasteiger partial charge in [0, 0.05) is 6.04 Å². The Balaban J connectivity index is 1.77. The molecule has 1 saturated heterocycles. The summed E-state index contributed by atoms with van der Waals surface area (Å²) in [5, 5.41) is 0. The van der Waals surface area contributed by atoms with Crippen molar-refractivity contribution in [2.45, 2.75) is 71.3 Å². The Bertz CT molecular complexity index is 247. The van der Waals surface area contributed by atoms with Crippen molar-refractivity contribution in [1.82, 2.24) is 4.90 Å². The maximum atomic E-state index is 5.82. The Hall–Kier alpha value is -0.0800. The first-order valence-corrected chi connectivity index (χ1v) is 8.06. The molecule has 0 amide bonds. The van der Waals surface area contributed by atoms with Gasteiger partial charge >= 0.3 is 0 Å². The lowest BCUT2D eigenvalue weighted by atomic mass is 9.78. The van der Waals surface area contributed by atoms with Crippen molar-refractivity contribution in [1.29, 1.82) is 0 Å².